The third-order valence-electron chi connectivity index (χ3n) is 1.11. The topological polar surface area (TPSA) is 70.9 Å². The van der Waals surface area contributed by atoms with Crippen LogP contribution in [0.5, 0.6) is 0 Å². The van der Waals surface area contributed by atoms with Crippen LogP contribution in [0.25, 0.3) is 0 Å². The second-order valence-corrected chi connectivity index (χ2v) is 4.09. The van der Waals surface area contributed by atoms with Crippen LogP contribution in [0.15, 0.2) is 5.16 Å². The second kappa shape index (κ2) is 5.70. The predicted octanol–water partition coefficient (Wildman–Crippen LogP) is 1.93. The molecule has 0 atom stereocenters. The maximum Gasteiger partial charge on any atom is 0.407 e. The van der Waals surface area contributed by atoms with E-state index in [0.29, 0.717) is 0 Å². The zero-order valence-electron chi connectivity index (χ0n) is 8.50. The Balaban J connectivity index is 3.66. The molecule has 0 heterocycles. The van der Waals surface area contributed by atoms with Gasteiger partial charge in [0.1, 0.15) is 10.8 Å². The van der Waals surface area contributed by atoms with Crippen LogP contribution >= 0.6 is 11.6 Å². The van der Waals surface area contributed by atoms with E-state index in [9.17, 15) is 4.79 Å². The Labute approximate surface area is 88.1 Å². The molecule has 0 saturated carbocycles. The first-order valence-electron chi connectivity index (χ1n) is 4.18. The molecule has 5 nitrogen and oxygen atoms in total. The molecule has 0 aliphatic rings. The van der Waals surface area contributed by atoms with Crippen molar-refractivity contribution in [1.82, 2.24) is 5.32 Å². The zero-order chi connectivity index (χ0) is 11.2. The number of rotatable bonds is 3. The number of ether oxygens (including phenoxy) is 1. The lowest BCUT2D eigenvalue weighted by Crippen LogP contribution is -2.33. The summed E-state index contributed by atoms with van der Waals surface area (Å²) in [5.74, 6) is 0. The highest BCUT2D eigenvalue weighted by Crippen LogP contribution is 2.06. The van der Waals surface area contributed by atoms with Gasteiger partial charge >= 0.3 is 6.09 Å². The number of alkyl carbamates (subject to hydrolysis) is 1. The molecule has 6 heteroatoms. The van der Waals surface area contributed by atoms with E-state index < -0.39 is 11.7 Å². The smallest absolute Gasteiger partial charge is 0.407 e. The normalized spacial score (nSPS) is 12.4. The lowest BCUT2D eigenvalue weighted by Gasteiger charge is -2.19. The summed E-state index contributed by atoms with van der Waals surface area (Å²) >= 11 is 5.39. The molecule has 0 aromatic heterocycles. The maximum absolute atomic E-state index is 11.0. The molecule has 2 N–H and O–H groups in total. The number of hydrogen-bond acceptors (Lipinski definition) is 4. The number of nitrogens with zero attached hydrogens (tertiary/aromatic N) is 1. The van der Waals surface area contributed by atoms with E-state index in [1.807, 2.05) is 0 Å². The number of oxime groups is 1. The molecule has 0 aliphatic carbocycles. The van der Waals surface area contributed by atoms with Crippen LogP contribution < -0.4 is 5.32 Å². The van der Waals surface area contributed by atoms with Crippen molar-refractivity contribution in [2.24, 2.45) is 5.16 Å². The van der Waals surface area contributed by atoms with Gasteiger partial charge in [0.05, 0.1) is 0 Å². The standard InChI is InChI=1S/C8H15ClN2O3/c1-8(2,3)14-7(12)10-5-4-6(9)11-13/h13H,4-5H2,1-3H3,(H,10,12). The van der Waals surface area contributed by atoms with Gasteiger partial charge in [-0.2, -0.15) is 0 Å². The van der Waals surface area contributed by atoms with Crippen molar-refractivity contribution >= 4 is 22.9 Å². The zero-order valence-corrected chi connectivity index (χ0v) is 9.26. The highest BCUT2D eigenvalue weighted by molar-refractivity contribution is 6.65. The Bertz CT molecular complexity index is 223. The molecule has 82 valence electrons. The number of amides is 1. The summed E-state index contributed by atoms with van der Waals surface area (Å²) in [6.45, 7) is 5.59. The van der Waals surface area contributed by atoms with Gasteiger partial charge in [-0.1, -0.05) is 16.8 Å². The van der Waals surface area contributed by atoms with Crippen LogP contribution in [0.1, 0.15) is 27.2 Å². The van der Waals surface area contributed by atoms with Gasteiger partial charge in [0.2, 0.25) is 0 Å². The Hall–Kier alpha value is -0.970. The van der Waals surface area contributed by atoms with Gasteiger partial charge in [-0.3, -0.25) is 0 Å². The summed E-state index contributed by atoms with van der Waals surface area (Å²) in [7, 11) is 0. The van der Waals surface area contributed by atoms with Crippen molar-refractivity contribution in [1.29, 1.82) is 0 Å². The average molecular weight is 223 g/mol. The number of nitrogens with one attached hydrogen (secondary N) is 1. The minimum atomic E-state index is -0.515. The quantitative estimate of drug-likeness (QED) is 0.436. The van der Waals surface area contributed by atoms with Gasteiger partial charge in [-0.05, 0) is 20.8 Å². The van der Waals surface area contributed by atoms with Gasteiger partial charge in [0.15, 0.2) is 0 Å². The summed E-state index contributed by atoms with van der Waals surface area (Å²) in [4.78, 5) is 11.0. The minimum absolute atomic E-state index is 0.0426. The summed E-state index contributed by atoms with van der Waals surface area (Å²) < 4.78 is 4.96. The number of halogens is 1. The van der Waals surface area contributed by atoms with E-state index in [1.54, 1.807) is 20.8 Å². The SMILES string of the molecule is CC(C)(C)OC(=O)NCCC(Cl)=NO. The molecule has 0 spiro atoms. The molecule has 0 rings (SSSR count). The van der Waals surface area contributed by atoms with Crippen molar-refractivity contribution in [3.63, 3.8) is 0 Å². The van der Waals surface area contributed by atoms with E-state index >= 15 is 0 Å². The molecule has 14 heavy (non-hydrogen) atoms. The number of carbonyl (C=O) groups excluding carboxylic acids is 1. The summed E-state index contributed by atoms with van der Waals surface area (Å²) in [5, 5.41) is 13.5. The van der Waals surface area contributed by atoms with Crippen LogP contribution in [0.2, 0.25) is 0 Å². The molecule has 0 aromatic rings. The van der Waals surface area contributed by atoms with Crippen molar-refractivity contribution in [2.45, 2.75) is 32.8 Å². The van der Waals surface area contributed by atoms with E-state index in [0.717, 1.165) is 0 Å². The van der Waals surface area contributed by atoms with Crippen LogP contribution in [0, 0.1) is 0 Å². The third-order valence-corrected chi connectivity index (χ3v) is 1.37. The minimum Gasteiger partial charge on any atom is -0.444 e. The molecular formula is C8H15ClN2O3. The van der Waals surface area contributed by atoms with E-state index in [4.69, 9.17) is 21.5 Å². The van der Waals surface area contributed by atoms with E-state index in [-0.39, 0.29) is 18.1 Å². The molecule has 0 aromatic carbocycles. The van der Waals surface area contributed by atoms with Crippen LogP contribution in [0.3, 0.4) is 0 Å². The van der Waals surface area contributed by atoms with Gasteiger partial charge in [-0.15, -0.1) is 0 Å². The molecule has 0 radical (unpaired) electrons. The summed E-state index contributed by atoms with van der Waals surface area (Å²) in [6, 6.07) is 0. The second-order valence-electron chi connectivity index (χ2n) is 3.65. The van der Waals surface area contributed by atoms with Crippen LogP contribution in [0.4, 0.5) is 4.79 Å². The maximum atomic E-state index is 11.0. The largest absolute Gasteiger partial charge is 0.444 e. The highest BCUT2D eigenvalue weighted by Gasteiger charge is 2.15. The molecular weight excluding hydrogens is 208 g/mol. The Morgan fingerprint density at radius 1 is 1.57 bits per heavy atom. The first kappa shape index (κ1) is 13.0. The van der Waals surface area contributed by atoms with Crippen molar-refractivity contribution in [2.75, 3.05) is 6.54 Å². The Kier molecular flexibility index (Phi) is 5.30. The fourth-order valence-electron chi connectivity index (χ4n) is 0.632. The molecule has 0 saturated heterocycles. The van der Waals surface area contributed by atoms with Crippen molar-refractivity contribution in [3.05, 3.63) is 0 Å². The molecule has 0 bridgehead atoms. The van der Waals surface area contributed by atoms with Gasteiger partial charge in [-0.25, -0.2) is 4.79 Å². The first-order valence-corrected chi connectivity index (χ1v) is 4.56. The summed E-state index contributed by atoms with van der Waals surface area (Å²) in [5.41, 5.74) is -0.515. The van der Waals surface area contributed by atoms with Gasteiger partial charge in [0.25, 0.3) is 0 Å². The van der Waals surface area contributed by atoms with E-state index in [1.165, 1.54) is 0 Å². The molecule has 0 aliphatic heterocycles. The lowest BCUT2D eigenvalue weighted by molar-refractivity contribution is 0.0529. The highest BCUT2D eigenvalue weighted by atomic mass is 35.5. The van der Waals surface area contributed by atoms with Crippen LogP contribution in [-0.4, -0.2) is 28.6 Å². The monoisotopic (exact) mass is 222 g/mol. The van der Waals surface area contributed by atoms with Crippen molar-refractivity contribution < 1.29 is 14.7 Å². The number of carbonyl (C=O) groups is 1. The molecule has 1 amide bonds. The predicted molar refractivity (Wildman–Crippen MR) is 53.9 cm³/mol. The van der Waals surface area contributed by atoms with E-state index in [2.05, 4.69) is 10.5 Å². The average Bonchev–Trinajstić information content (AvgIpc) is 2.00. The number of hydrogen-bond donors (Lipinski definition) is 2. The van der Waals surface area contributed by atoms with Gasteiger partial charge in [0, 0.05) is 13.0 Å². The van der Waals surface area contributed by atoms with Crippen molar-refractivity contribution in [3.8, 4) is 0 Å². The lowest BCUT2D eigenvalue weighted by atomic mass is 10.2. The third kappa shape index (κ3) is 7.67. The fraction of sp³-hybridized carbons (Fsp3) is 0.750. The van der Waals surface area contributed by atoms with Crippen LogP contribution in [-0.2, 0) is 4.74 Å². The Morgan fingerprint density at radius 2 is 2.14 bits per heavy atom. The fourth-order valence-corrected chi connectivity index (χ4v) is 0.726. The molecule has 0 unspecified atom stereocenters. The Morgan fingerprint density at radius 3 is 2.57 bits per heavy atom. The van der Waals surface area contributed by atoms with Gasteiger partial charge < -0.3 is 15.3 Å². The molecule has 0 fully saturated rings. The summed E-state index contributed by atoms with van der Waals surface area (Å²) in [6.07, 6.45) is -0.239. The first-order chi connectivity index (χ1) is 6.35.